The highest BCUT2D eigenvalue weighted by molar-refractivity contribution is 5.96. The number of ether oxygens (including phenoxy) is 1. The monoisotopic (exact) mass is 421 g/mol. The van der Waals surface area contributed by atoms with E-state index in [9.17, 15) is 9.59 Å². The van der Waals surface area contributed by atoms with E-state index < -0.39 is 0 Å². The lowest BCUT2D eigenvalue weighted by atomic mass is 9.39. The maximum absolute atomic E-state index is 13.1. The first-order chi connectivity index (χ1) is 15.0. The number of nitrogens with one attached hydrogen (secondary N) is 2. The first-order valence-electron chi connectivity index (χ1n) is 11.1. The molecule has 3 saturated carbocycles. The van der Waals surface area contributed by atoms with Gasteiger partial charge in [0.05, 0.1) is 12.5 Å². The van der Waals surface area contributed by atoms with Crippen LogP contribution in [0.4, 0.5) is 0 Å². The molecule has 1 unspecified atom stereocenters. The third-order valence-electron chi connectivity index (χ3n) is 6.69. The summed E-state index contributed by atoms with van der Waals surface area (Å²) in [4.78, 5) is 29.5. The van der Waals surface area contributed by atoms with Gasteiger partial charge in [-0.1, -0.05) is 31.9 Å². The molecule has 2 N–H and O–H groups in total. The van der Waals surface area contributed by atoms with Crippen LogP contribution in [0.2, 0.25) is 0 Å². The van der Waals surface area contributed by atoms with Crippen molar-refractivity contribution in [1.82, 2.24) is 15.6 Å². The molecule has 2 aromatic rings. The highest BCUT2D eigenvalue weighted by Gasteiger charge is 2.72. The number of nitrogens with zero attached hydrogens (tertiary/aromatic N) is 1. The van der Waals surface area contributed by atoms with Crippen molar-refractivity contribution in [3.8, 4) is 5.75 Å². The molecule has 5 rings (SSSR count). The fourth-order valence-corrected chi connectivity index (χ4v) is 5.08. The number of hydrogen-bond donors (Lipinski definition) is 2. The summed E-state index contributed by atoms with van der Waals surface area (Å²) in [5.74, 6) is 0.885. The summed E-state index contributed by atoms with van der Waals surface area (Å²) in [6.45, 7) is 2.17. The number of carbonyl (C=O) groups excluding carboxylic acids is 2. The van der Waals surface area contributed by atoms with E-state index in [1.54, 1.807) is 31.6 Å². The second kappa shape index (κ2) is 8.69. The van der Waals surface area contributed by atoms with Crippen molar-refractivity contribution in [3.05, 3.63) is 59.9 Å². The van der Waals surface area contributed by atoms with Gasteiger partial charge in [-0.3, -0.25) is 14.6 Å². The molecule has 164 valence electrons. The molecule has 0 radical (unpaired) electrons. The minimum atomic E-state index is -0.315. The van der Waals surface area contributed by atoms with Crippen molar-refractivity contribution in [2.45, 2.75) is 63.5 Å². The zero-order valence-electron chi connectivity index (χ0n) is 18.3. The Balaban J connectivity index is 1.33. The predicted molar refractivity (Wildman–Crippen MR) is 119 cm³/mol. The zero-order valence-corrected chi connectivity index (χ0v) is 18.3. The number of hydrogen-bond acceptors (Lipinski definition) is 4. The summed E-state index contributed by atoms with van der Waals surface area (Å²) >= 11 is 0. The summed E-state index contributed by atoms with van der Waals surface area (Å²) in [7, 11) is 1.67. The maximum Gasteiger partial charge on any atom is 0.251 e. The van der Waals surface area contributed by atoms with E-state index >= 15 is 0 Å². The fourth-order valence-electron chi connectivity index (χ4n) is 5.08. The number of methoxy groups -OCH3 is 1. The first kappa shape index (κ1) is 21.3. The van der Waals surface area contributed by atoms with Crippen molar-refractivity contribution >= 4 is 11.8 Å². The van der Waals surface area contributed by atoms with E-state index in [0.717, 1.165) is 50.7 Å². The van der Waals surface area contributed by atoms with Crippen LogP contribution in [0.25, 0.3) is 0 Å². The molecule has 0 saturated heterocycles. The highest BCUT2D eigenvalue weighted by atomic mass is 16.5. The van der Waals surface area contributed by atoms with Crippen LogP contribution in [-0.4, -0.2) is 35.5 Å². The van der Waals surface area contributed by atoms with Crippen LogP contribution in [0.3, 0.4) is 0 Å². The summed E-state index contributed by atoms with van der Waals surface area (Å²) in [6.07, 6.45) is 9.33. The second-order valence-corrected chi connectivity index (χ2v) is 9.15. The van der Waals surface area contributed by atoms with Crippen molar-refractivity contribution in [2.75, 3.05) is 7.11 Å². The van der Waals surface area contributed by atoms with Crippen LogP contribution in [-0.2, 0) is 11.2 Å². The van der Waals surface area contributed by atoms with Gasteiger partial charge in [0.25, 0.3) is 5.91 Å². The van der Waals surface area contributed by atoms with Gasteiger partial charge < -0.3 is 15.4 Å². The predicted octanol–water partition coefficient (Wildman–Crippen LogP) is 3.66. The standard InChI is InChI=1S/C25H31N3O3/c1-3-4-7-20(13-18-6-5-8-21(14-18)31-2)27-23(30)24-15-25(16-24,17-24)28-22(29)19-9-11-26-12-10-19/h5-6,8-12,14,20H,3-4,7,13,15-17H2,1-2H3,(H,27,30)(H,28,29). The molecule has 6 heteroatoms. The SMILES string of the molecule is CCCCC(Cc1cccc(OC)c1)NC(=O)C12CC(NC(=O)c3ccncc3)(C1)C2. The van der Waals surface area contributed by atoms with Gasteiger partial charge in [-0.25, -0.2) is 0 Å². The minimum absolute atomic E-state index is 0.0880. The van der Waals surface area contributed by atoms with E-state index in [4.69, 9.17) is 4.74 Å². The molecule has 31 heavy (non-hydrogen) atoms. The molecule has 1 heterocycles. The van der Waals surface area contributed by atoms with Gasteiger partial charge in [0.1, 0.15) is 5.75 Å². The van der Waals surface area contributed by atoms with E-state index in [-0.39, 0.29) is 28.8 Å². The molecule has 0 aliphatic heterocycles. The highest BCUT2D eigenvalue weighted by Crippen LogP contribution is 2.67. The van der Waals surface area contributed by atoms with E-state index in [2.05, 4.69) is 28.6 Å². The number of pyridine rings is 1. The van der Waals surface area contributed by atoms with Crippen molar-refractivity contribution in [2.24, 2.45) is 5.41 Å². The number of carbonyl (C=O) groups is 2. The van der Waals surface area contributed by atoms with E-state index in [0.29, 0.717) is 5.56 Å². The summed E-state index contributed by atoms with van der Waals surface area (Å²) in [5, 5.41) is 6.45. The zero-order chi connectivity index (χ0) is 21.9. The first-order valence-corrected chi connectivity index (χ1v) is 11.1. The quantitative estimate of drug-likeness (QED) is 0.614. The summed E-state index contributed by atoms with van der Waals surface area (Å²) in [6, 6.07) is 11.6. The molecule has 6 nitrogen and oxygen atoms in total. The molecule has 0 spiro atoms. The third kappa shape index (κ3) is 4.43. The van der Waals surface area contributed by atoms with E-state index in [1.165, 1.54) is 5.56 Å². The maximum atomic E-state index is 13.1. The molecule has 3 aliphatic rings. The average molecular weight is 422 g/mol. The lowest BCUT2D eigenvalue weighted by molar-refractivity contribution is -0.178. The molecular weight excluding hydrogens is 390 g/mol. The second-order valence-electron chi connectivity index (χ2n) is 9.15. The Bertz CT molecular complexity index is 924. The lowest BCUT2D eigenvalue weighted by Gasteiger charge is -2.69. The fraction of sp³-hybridized carbons (Fsp3) is 0.480. The Kier molecular flexibility index (Phi) is 5.99. The van der Waals surface area contributed by atoms with Crippen LogP contribution >= 0.6 is 0 Å². The van der Waals surface area contributed by atoms with Gasteiger partial charge in [-0.2, -0.15) is 0 Å². The molecule has 1 atom stereocenters. The molecule has 2 bridgehead atoms. The number of rotatable bonds is 10. The normalized spacial score (nSPS) is 24.3. The largest absolute Gasteiger partial charge is 0.497 e. The van der Waals surface area contributed by atoms with Crippen molar-refractivity contribution in [3.63, 3.8) is 0 Å². The molecule has 1 aromatic heterocycles. The average Bonchev–Trinajstić information content (AvgIpc) is 2.74. The Morgan fingerprint density at radius 1 is 1.16 bits per heavy atom. The molecule has 1 aromatic carbocycles. The summed E-state index contributed by atoms with van der Waals surface area (Å²) < 4.78 is 5.34. The van der Waals surface area contributed by atoms with E-state index in [1.807, 2.05) is 18.2 Å². The van der Waals surface area contributed by atoms with Crippen LogP contribution < -0.4 is 15.4 Å². The molecule has 3 fully saturated rings. The topological polar surface area (TPSA) is 80.3 Å². The number of benzene rings is 1. The van der Waals surface area contributed by atoms with Gasteiger partial charge in [-0.15, -0.1) is 0 Å². The number of amides is 2. The lowest BCUT2D eigenvalue weighted by Crippen LogP contribution is -2.78. The van der Waals surface area contributed by atoms with Gasteiger partial charge >= 0.3 is 0 Å². The Labute approximate surface area is 183 Å². The molecule has 3 aliphatic carbocycles. The Hall–Kier alpha value is -2.89. The third-order valence-corrected chi connectivity index (χ3v) is 6.69. The Morgan fingerprint density at radius 2 is 1.90 bits per heavy atom. The molecular formula is C25H31N3O3. The smallest absolute Gasteiger partial charge is 0.251 e. The van der Waals surface area contributed by atoms with Gasteiger partial charge in [0, 0.05) is 29.5 Å². The minimum Gasteiger partial charge on any atom is -0.497 e. The van der Waals surface area contributed by atoms with Gasteiger partial charge in [0.2, 0.25) is 5.91 Å². The van der Waals surface area contributed by atoms with Crippen molar-refractivity contribution < 1.29 is 14.3 Å². The number of unbranched alkanes of at least 4 members (excludes halogenated alkanes) is 1. The van der Waals surface area contributed by atoms with Crippen LogP contribution in [0.15, 0.2) is 48.8 Å². The molecule has 2 amide bonds. The van der Waals surface area contributed by atoms with Gasteiger partial charge in [-0.05, 0) is 61.9 Å². The van der Waals surface area contributed by atoms with Crippen molar-refractivity contribution in [1.29, 1.82) is 0 Å². The van der Waals surface area contributed by atoms with Crippen LogP contribution in [0.5, 0.6) is 5.75 Å². The van der Waals surface area contributed by atoms with Crippen LogP contribution in [0, 0.1) is 5.41 Å². The van der Waals surface area contributed by atoms with Crippen LogP contribution in [0.1, 0.15) is 61.4 Å². The Morgan fingerprint density at radius 3 is 2.58 bits per heavy atom. The number of aromatic nitrogens is 1. The summed E-state index contributed by atoms with van der Waals surface area (Å²) in [5.41, 5.74) is 1.24. The van der Waals surface area contributed by atoms with Gasteiger partial charge in [0.15, 0.2) is 0 Å².